The fourth-order valence-corrected chi connectivity index (χ4v) is 12.0. The number of benzene rings is 10. The molecule has 0 amide bonds. The molecule has 1 aliphatic carbocycles. The van der Waals surface area contributed by atoms with Crippen LogP contribution in [-0.4, -0.2) is 4.57 Å². The quantitative estimate of drug-likeness (QED) is 0.155. The molecule has 0 radical (unpaired) electrons. The molecule has 0 saturated carbocycles. The maximum absolute atomic E-state index is 2.46. The average molecular weight is 833 g/mol. The van der Waals surface area contributed by atoms with Gasteiger partial charge < -0.3 is 9.47 Å². The highest BCUT2D eigenvalue weighted by atomic mass is 32.1. The average Bonchev–Trinajstić information content (AvgIpc) is 4.01. The third-order valence-electron chi connectivity index (χ3n) is 13.4. The molecule has 3 heteroatoms. The molecule has 0 atom stereocenters. The molecule has 13 rings (SSSR count). The molecular weight excluding hydrogens is 793 g/mol. The number of thiophene rings is 1. The van der Waals surface area contributed by atoms with Gasteiger partial charge in [-0.15, -0.1) is 11.3 Å². The first-order valence-electron chi connectivity index (χ1n) is 22.0. The van der Waals surface area contributed by atoms with E-state index in [4.69, 9.17) is 0 Å². The van der Waals surface area contributed by atoms with Gasteiger partial charge in [0.1, 0.15) is 0 Å². The van der Waals surface area contributed by atoms with Gasteiger partial charge in [0.2, 0.25) is 0 Å². The van der Waals surface area contributed by atoms with Crippen LogP contribution in [0.1, 0.15) is 22.3 Å². The van der Waals surface area contributed by atoms with Gasteiger partial charge in [-0.05, 0) is 105 Å². The SMILES string of the molecule is c1ccc(C2(c3ccccc3)c3ccccc3-c3cc(N(c4cccc(-c5cccc6c5sc5ccccc56)c4)c4cccc(-n5c6ccccc6c6ccccc65)c4)ccc32)cc1. The van der Waals surface area contributed by atoms with Gasteiger partial charge in [-0.3, -0.25) is 0 Å². The lowest BCUT2D eigenvalue weighted by atomic mass is 9.68. The van der Waals surface area contributed by atoms with Gasteiger partial charge in [0.05, 0.1) is 16.4 Å². The Morgan fingerprint density at radius 3 is 1.66 bits per heavy atom. The molecule has 0 aliphatic heterocycles. The molecular formula is C61H40N2S. The molecule has 300 valence electrons. The number of anilines is 3. The van der Waals surface area contributed by atoms with Gasteiger partial charge >= 0.3 is 0 Å². The van der Waals surface area contributed by atoms with E-state index in [-0.39, 0.29) is 0 Å². The van der Waals surface area contributed by atoms with Crippen LogP contribution in [0, 0.1) is 0 Å². The van der Waals surface area contributed by atoms with Crippen molar-refractivity contribution in [3.63, 3.8) is 0 Å². The molecule has 0 saturated heterocycles. The van der Waals surface area contributed by atoms with Crippen molar-refractivity contribution in [2.45, 2.75) is 5.41 Å². The van der Waals surface area contributed by atoms with Crippen LogP contribution >= 0.6 is 11.3 Å². The van der Waals surface area contributed by atoms with E-state index in [1.54, 1.807) is 0 Å². The molecule has 2 nitrogen and oxygen atoms in total. The first-order chi connectivity index (χ1) is 31.8. The Morgan fingerprint density at radius 1 is 0.359 bits per heavy atom. The van der Waals surface area contributed by atoms with E-state index in [9.17, 15) is 0 Å². The largest absolute Gasteiger partial charge is 0.310 e. The molecule has 1 aliphatic rings. The van der Waals surface area contributed by atoms with Gasteiger partial charge in [0.15, 0.2) is 0 Å². The van der Waals surface area contributed by atoms with Gasteiger partial charge in [-0.2, -0.15) is 0 Å². The second-order valence-electron chi connectivity index (χ2n) is 16.8. The van der Waals surface area contributed by atoms with Crippen LogP contribution in [0.25, 0.3) is 69.9 Å². The van der Waals surface area contributed by atoms with Gasteiger partial charge in [-0.25, -0.2) is 0 Å². The zero-order valence-electron chi connectivity index (χ0n) is 34.9. The summed E-state index contributed by atoms with van der Waals surface area (Å²) in [5.74, 6) is 0. The van der Waals surface area contributed by atoms with E-state index in [0.29, 0.717) is 0 Å². The van der Waals surface area contributed by atoms with Crippen molar-refractivity contribution in [3.8, 4) is 27.9 Å². The van der Waals surface area contributed by atoms with E-state index in [2.05, 4.69) is 252 Å². The number of hydrogen-bond donors (Lipinski definition) is 0. The van der Waals surface area contributed by atoms with Crippen LogP contribution in [0.4, 0.5) is 17.1 Å². The Kier molecular flexibility index (Phi) is 8.34. The Bertz CT molecular complexity index is 3650. The first kappa shape index (κ1) is 36.7. The number of aromatic nitrogens is 1. The van der Waals surface area contributed by atoms with Crippen molar-refractivity contribution in [1.82, 2.24) is 4.57 Å². The Labute approximate surface area is 376 Å². The molecule has 2 heterocycles. The maximum Gasteiger partial charge on any atom is 0.0713 e. The fraction of sp³-hybridized carbons (Fsp3) is 0.0164. The summed E-state index contributed by atoms with van der Waals surface area (Å²) in [5.41, 5.74) is 16.4. The van der Waals surface area contributed by atoms with E-state index in [0.717, 1.165) is 22.7 Å². The minimum Gasteiger partial charge on any atom is -0.310 e. The number of hydrogen-bond acceptors (Lipinski definition) is 2. The molecule has 12 aromatic rings. The second-order valence-corrected chi connectivity index (χ2v) is 17.9. The smallest absolute Gasteiger partial charge is 0.0713 e. The Balaban J connectivity index is 1.05. The third-order valence-corrected chi connectivity index (χ3v) is 14.7. The van der Waals surface area contributed by atoms with Crippen LogP contribution in [0.3, 0.4) is 0 Å². The topological polar surface area (TPSA) is 8.17 Å². The van der Waals surface area contributed by atoms with Crippen LogP contribution in [-0.2, 0) is 5.41 Å². The zero-order valence-corrected chi connectivity index (χ0v) is 35.7. The predicted octanol–water partition coefficient (Wildman–Crippen LogP) is 16.7. The third kappa shape index (κ3) is 5.44. The lowest BCUT2D eigenvalue weighted by Crippen LogP contribution is -2.28. The highest BCUT2D eigenvalue weighted by Crippen LogP contribution is 2.57. The summed E-state index contributed by atoms with van der Waals surface area (Å²) >= 11 is 1.88. The fourth-order valence-electron chi connectivity index (χ4n) is 10.8. The number of rotatable bonds is 7. The monoisotopic (exact) mass is 832 g/mol. The number of nitrogens with zero attached hydrogens (tertiary/aromatic N) is 2. The van der Waals surface area contributed by atoms with Crippen LogP contribution < -0.4 is 4.90 Å². The first-order valence-corrected chi connectivity index (χ1v) is 22.8. The van der Waals surface area contributed by atoms with Crippen molar-refractivity contribution in [3.05, 3.63) is 265 Å². The second kappa shape index (κ2) is 14.6. The molecule has 0 unspecified atom stereocenters. The van der Waals surface area contributed by atoms with E-state index < -0.39 is 5.41 Å². The zero-order chi connectivity index (χ0) is 42.2. The predicted molar refractivity (Wildman–Crippen MR) is 271 cm³/mol. The summed E-state index contributed by atoms with van der Waals surface area (Å²) in [6.07, 6.45) is 0. The van der Waals surface area contributed by atoms with E-state index in [1.807, 2.05) is 11.3 Å². The lowest BCUT2D eigenvalue weighted by molar-refractivity contribution is 0.768. The molecule has 0 bridgehead atoms. The summed E-state index contributed by atoms with van der Waals surface area (Å²) < 4.78 is 5.04. The molecule has 0 fully saturated rings. The summed E-state index contributed by atoms with van der Waals surface area (Å²) in [6.45, 7) is 0. The van der Waals surface area contributed by atoms with Crippen LogP contribution in [0.2, 0.25) is 0 Å². The van der Waals surface area contributed by atoms with Crippen molar-refractivity contribution >= 4 is 70.4 Å². The normalized spacial score (nSPS) is 12.8. The van der Waals surface area contributed by atoms with Gasteiger partial charge in [0.25, 0.3) is 0 Å². The molecule has 2 aromatic heterocycles. The van der Waals surface area contributed by atoms with Crippen LogP contribution in [0.5, 0.6) is 0 Å². The molecule has 0 N–H and O–H groups in total. The Hall–Kier alpha value is -7.98. The van der Waals surface area contributed by atoms with E-state index in [1.165, 1.54) is 86.5 Å². The Morgan fingerprint density at radius 2 is 0.906 bits per heavy atom. The summed E-state index contributed by atoms with van der Waals surface area (Å²) in [6, 6.07) is 89.6. The lowest BCUT2D eigenvalue weighted by Gasteiger charge is -2.34. The van der Waals surface area contributed by atoms with Crippen molar-refractivity contribution in [2.24, 2.45) is 0 Å². The minimum absolute atomic E-state index is 0.475. The van der Waals surface area contributed by atoms with Crippen molar-refractivity contribution < 1.29 is 0 Å². The summed E-state index contributed by atoms with van der Waals surface area (Å²) in [5, 5.41) is 5.11. The van der Waals surface area contributed by atoms with E-state index >= 15 is 0 Å². The highest BCUT2D eigenvalue weighted by Gasteiger charge is 2.46. The highest BCUT2D eigenvalue weighted by molar-refractivity contribution is 7.26. The van der Waals surface area contributed by atoms with Crippen molar-refractivity contribution in [2.75, 3.05) is 4.90 Å². The summed E-state index contributed by atoms with van der Waals surface area (Å²) in [4.78, 5) is 2.46. The van der Waals surface area contributed by atoms with Crippen molar-refractivity contribution in [1.29, 1.82) is 0 Å². The number of fused-ring (bicyclic) bond motifs is 9. The van der Waals surface area contributed by atoms with Crippen LogP contribution in [0.15, 0.2) is 243 Å². The standard InChI is InChI=1S/C61H40N2S/c1-3-19-42(20-4-1)61(43-21-5-2-6-22-43)55-32-11-7-26-49(55)54-40-47(36-37-56(54)61)62(44-23-15-18-41(38-44)48-30-17-31-53-52-29-10-14-35-59(52)64-60(48)53)45-24-16-25-46(39-45)63-57-33-12-8-27-50(57)51-28-9-13-34-58(51)63/h1-40H. The molecule has 0 spiro atoms. The minimum atomic E-state index is -0.475. The van der Waals surface area contributed by atoms with Gasteiger partial charge in [0, 0.05) is 53.7 Å². The number of para-hydroxylation sites is 2. The molecule has 10 aromatic carbocycles. The molecule has 64 heavy (non-hydrogen) atoms. The summed E-state index contributed by atoms with van der Waals surface area (Å²) in [7, 11) is 0. The maximum atomic E-state index is 2.46. The van der Waals surface area contributed by atoms with Gasteiger partial charge in [-0.1, -0.05) is 182 Å².